The summed E-state index contributed by atoms with van der Waals surface area (Å²) in [6, 6.07) is 55.5. The maximum absolute atomic E-state index is 6.21. The van der Waals surface area contributed by atoms with Crippen molar-refractivity contribution < 1.29 is 13.3 Å². The third-order valence-corrected chi connectivity index (χ3v) is 23.3. The second-order valence-electron chi connectivity index (χ2n) is 21.0. The highest BCUT2D eigenvalue weighted by Gasteiger charge is 2.43. The Bertz CT molecular complexity index is 3310. The molecule has 0 radical (unpaired) electrons. The van der Waals surface area contributed by atoms with Gasteiger partial charge >= 0.3 is 8.80 Å². The molecule has 4 heterocycles. The van der Waals surface area contributed by atoms with Crippen LogP contribution in [0.4, 0.5) is 0 Å². The summed E-state index contributed by atoms with van der Waals surface area (Å²) in [5, 5.41) is 0.998. The molecule has 5 aromatic carbocycles. The zero-order valence-corrected chi connectivity index (χ0v) is 52.2. The molecule has 0 atom stereocenters. The first-order valence-corrected chi connectivity index (χ1v) is 33.9. The second-order valence-corrected chi connectivity index (χ2v) is 28.0. The van der Waals surface area contributed by atoms with E-state index in [9.17, 15) is 0 Å². The number of hydrogen-bond acceptors (Lipinski definition) is 7. The molecule has 0 N–H and O–H groups in total. The van der Waals surface area contributed by atoms with E-state index in [0.29, 0.717) is 19.8 Å². The Morgan fingerprint density at radius 3 is 1.23 bits per heavy atom. The second kappa shape index (κ2) is 26.5. The molecule has 0 aliphatic rings. The fourth-order valence-electron chi connectivity index (χ4n) is 12.0. The summed E-state index contributed by atoms with van der Waals surface area (Å²) in [6.07, 6.45) is 12.1. The van der Waals surface area contributed by atoms with Gasteiger partial charge in [0.2, 0.25) is 0 Å². The molecule has 0 spiro atoms. The SMILES string of the molecule is CCCCCc1ccc(-c2ccc(-c3ccc(-c4cc(C)c(-c5ccc(-c6ccc(-c7c(C)cc(-c8ccc(-c9ccc([Si](OCC)(OCC)OCC)cc9)cc8)cc7C(CCC)(CCC)CCC)s6)s5)c(C)c4)cc3)s2)s1. The minimum absolute atomic E-state index is 0.0962. The average molecular weight is 1130 g/mol. The maximum atomic E-state index is 6.21. The molecule has 0 bridgehead atoms. The molecule has 78 heavy (non-hydrogen) atoms. The number of aryl methyl sites for hydroxylation is 4. The summed E-state index contributed by atoms with van der Waals surface area (Å²) < 4.78 is 18.6. The lowest BCUT2D eigenvalue weighted by atomic mass is 9.67. The van der Waals surface area contributed by atoms with E-state index in [-0.39, 0.29) is 5.41 Å². The Labute approximate surface area is 484 Å². The van der Waals surface area contributed by atoms with Crippen molar-refractivity contribution in [3.63, 3.8) is 0 Å². The monoisotopic (exact) mass is 1120 g/mol. The van der Waals surface area contributed by atoms with Crippen molar-refractivity contribution in [3.8, 4) is 84.2 Å². The van der Waals surface area contributed by atoms with Gasteiger partial charge in [-0.05, 0) is 206 Å². The van der Waals surface area contributed by atoms with Crippen LogP contribution in [0.15, 0.2) is 146 Å². The van der Waals surface area contributed by atoms with Gasteiger partial charge in [0.05, 0.1) is 0 Å². The lowest BCUT2D eigenvalue weighted by molar-refractivity contribution is 0.0859. The largest absolute Gasteiger partial charge is 0.537 e. The van der Waals surface area contributed by atoms with Crippen LogP contribution < -0.4 is 5.19 Å². The van der Waals surface area contributed by atoms with Crippen LogP contribution in [0.3, 0.4) is 0 Å². The molecule has 3 nitrogen and oxygen atoms in total. The van der Waals surface area contributed by atoms with Crippen molar-refractivity contribution in [2.75, 3.05) is 19.8 Å². The van der Waals surface area contributed by atoms with Crippen molar-refractivity contribution in [3.05, 3.63) is 173 Å². The molecule has 8 heteroatoms. The molecule has 0 amide bonds. The normalized spacial score (nSPS) is 12.0. The fourth-order valence-corrected chi connectivity index (χ4v) is 19.0. The number of rotatable bonds is 26. The minimum Gasteiger partial charge on any atom is -0.370 e. The van der Waals surface area contributed by atoms with Crippen molar-refractivity contribution in [2.24, 2.45) is 0 Å². The first-order valence-electron chi connectivity index (χ1n) is 28.9. The summed E-state index contributed by atoms with van der Waals surface area (Å²) in [7, 11) is -2.98. The zero-order chi connectivity index (χ0) is 54.8. The van der Waals surface area contributed by atoms with Crippen LogP contribution in [0.1, 0.15) is 133 Å². The quantitative estimate of drug-likeness (QED) is 0.0399. The molecule has 0 unspecified atom stereocenters. The van der Waals surface area contributed by atoms with Crippen molar-refractivity contribution in [1.82, 2.24) is 0 Å². The lowest BCUT2D eigenvalue weighted by Gasteiger charge is -2.37. The van der Waals surface area contributed by atoms with Gasteiger partial charge in [0.15, 0.2) is 0 Å². The van der Waals surface area contributed by atoms with Crippen LogP contribution in [0.5, 0.6) is 0 Å². The third kappa shape index (κ3) is 12.6. The van der Waals surface area contributed by atoms with E-state index in [1.165, 1.54) is 151 Å². The Kier molecular flexibility index (Phi) is 19.6. The highest BCUT2D eigenvalue weighted by atomic mass is 32.1. The van der Waals surface area contributed by atoms with Gasteiger partial charge in [-0.1, -0.05) is 151 Å². The molecular formula is C70H80O3S4Si. The van der Waals surface area contributed by atoms with Gasteiger partial charge in [0.25, 0.3) is 0 Å². The van der Waals surface area contributed by atoms with E-state index in [0.717, 1.165) is 30.0 Å². The number of thiophene rings is 4. The summed E-state index contributed by atoms with van der Waals surface area (Å²) in [4.78, 5) is 10.9. The topological polar surface area (TPSA) is 27.7 Å². The van der Waals surface area contributed by atoms with Crippen LogP contribution in [-0.2, 0) is 25.1 Å². The van der Waals surface area contributed by atoms with Crippen LogP contribution >= 0.6 is 45.3 Å². The van der Waals surface area contributed by atoms with Gasteiger partial charge in [0, 0.05) is 64.0 Å². The van der Waals surface area contributed by atoms with E-state index in [4.69, 9.17) is 13.3 Å². The molecule has 406 valence electrons. The van der Waals surface area contributed by atoms with Crippen LogP contribution in [0.2, 0.25) is 0 Å². The molecule has 0 aliphatic heterocycles. The Morgan fingerprint density at radius 1 is 0.359 bits per heavy atom. The van der Waals surface area contributed by atoms with Gasteiger partial charge in [-0.15, -0.1) is 45.3 Å². The highest BCUT2D eigenvalue weighted by molar-refractivity contribution is 7.25. The summed E-state index contributed by atoms with van der Waals surface area (Å²) in [5.41, 5.74) is 17.1. The Balaban J connectivity index is 0.962. The predicted octanol–water partition coefficient (Wildman–Crippen LogP) is 21.8. The molecule has 0 saturated heterocycles. The first kappa shape index (κ1) is 57.7. The molecular weight excluding hydrogens is 1050 g/mol. The van der Waals surface area contributed by atoms with Gasteiger partial charge < -0.3 is 13.3 Å². The van der Waals surface area contributed by atoms with Crippen molar-refractivity contribution >= 4 is 59.3 Å². The summed E-state index contributed by atoms with van der Waals surface area (Å²) in [5.74, 6) is 0. The Hall–Kier alpha value is -5.00. The zero-order valence-electron chi connectivity index (χ0n) is 47.9. The Morgan fingerprint density at radius 2 is 0.744 bits per heavy atom. The minimum atomic E-state index is -2.98. The van der Waals surface area contributed by atoms with Crippen molar-refractivity contribution in [2.45, 2.75) is 139 Å². The summed E-state index contributed by atoms with van der Waals surface area (Å²) >= 11 is 7.75. The lowest BCUT2D eigenvalue weighted by Crippen LogP contribution is -2.56. The van der Waals surface area contributed by atoms with Crippen molar-refractivity contribution in [1.29, 1.82) is 0 Å². The van der Waals surface area contributed by atoms with E-state index in [1.807, 2.05) is 66.1 Å². The molecule has 0 saturated carbocycles. The van der Waals surface area contributed by atoms with Crippen LogP contribution in [-0.4, -0.2) is 28.6 Å². The molecule has 4 aromatic heterocycles. The van der Waals surface area contributed by atoms with E-state index < -0.39 is 8.80 Å². The van der Waals surface area contributed by atoms with Gasteiger partial charge in [-0.2, -0.15) is 0 Å². The number of benzene rings is 5. The highest BCUT2D eigenvalue weighted by Crippen LogP contribution is 2.50. The van der Waals surface area contributed by atoms with Gasteiger partial charge in [-0.3, -0.25) is 0 Å². The van der Waals surface area contributed by atoms with Gasteiger partial charge in [0.1, 0.15) is 0 Å². The predicted molar refractivity (Wildman–Crippen MR) is 346 cm³/mol. The van der Waals surface area contributed by atoms with Crippen LogP contribution in [0, 0.1) is 20.8 Å². The first-order chi connectivity index (χ1) is 38.0. The molecule has 0 fully saturated rings. The summed E-state index contributed by atoms with van der Waals surface area (Å²) in [6.45, 7) is 23.9. The van der Waals surface area contributed by atoms with Gasteiger partial charge in [-0.25, -0.2) is 0 Å². The standard InChI is InChI=1S/C70H80O3S4Si/c1-11-18-19-20-58-31-34-62(74-58)63-36-35-61(75-63)55-27-25-53(26-28-55)56-44-48(8)68(49(9)45-56)66-39-37-64(76-66)65-38-40-67(77-65)69-50(10)46-57(47-60(69)70(41-12-2,42-13-3)43-14-4)54-23-21-51(22-24-54)52-29-32-59(33-30-52)78(71-15-5,72-16-6)73-17-7/h21-40,44-47H,11-20,41-43H2,1-10H3. The number of unbranched alkanes of at least 4 members (excludes halogenated alkanes) is 2. The molecule has 9 rings (SSSR count). The van der Waals surface area contributed by atoms with E-state index >= 15 is 0 Å². The van der Waals surface area contributed by atoms with Crippen LogP contribution in [0.25, 0.3) is 84.2 Å². The molecule has 9 aromatic rings. The average Bonchev–Trinajstić information content (AvgIpc) is 4.34. The maximum Gasteiger partial charge on any atom is 0.537 e. The third-order valence-electron chi connectivity index (χ3n) is 15.4. The smallest absolute Gasteiger partial charge is 0.370 e. The van der Waals surface area contributed by atoms with E-state index in [2.05, 4.69) is 194 Å². The number of hydrogen-bond donors (Lipinski definition) is 0. The molecule has 0 aliphatic carbocycles. The fraction of sp³-hybridized carbons (Fsp3) is 0.343. The van der Waals surface area contributed by atoms with E-state index in [1.54, 1.807) is 0 Å².